The van der Waals surface area contributed by atoms with Gasteiger partial charge >= 0.3 is 11.9 Å². The summed E-state index contributed by atoms with van der Waals surface area (Å²) in [4.78, 5) is 25.7. The largest absolute Gasteiger partial charge is 0.462 e. The average molecular weight is 503 g/mol. The van der Waals surface area contributed by atoms with Crippen LogP contribution in [0.1, 0.15) is 145 Å². The molecule has 1 aromatic rings. The number of ether oxygens (including phenoxy) is 2. The SMILES string of the molecule is CC(C)CCCCCCCOC(=O)c1ccc(CC(C)C)cc1C(=O)OCCCCCCCC(C)C. The minimum absolute atomic E-state index is 0.318. The molecule has 4 nitrogen and oxygen atoms in total. The Balaban J connectivity index is 2.54. The quantitative estimate of drug-likeness (QED) is 0.132. The molecular formula is C32H54O4. The number of benzene rings is 1. The van der Waals surface area contributed by atoms with Crippen molar-refractivity contribution in [2.24, 2.45) is 17.8 Å². The van der Waals surface area contributed by atoms with E-state index in [1.165, 1.54) is 51.4 Å². The van der Waals surface area contributed by atoms with Gasteiger partial charge in [0, 0.05) is 0 Å². The molecule has 206 valence electrons. The van der Waals surface area contributed by atoms with Crippen molar-refractivity contribution in [1.82, 2.24) is 0 Å². The molecule has 0 radical (unpaired) electrons. The van der Waals surface area contributed by atoms with E-state index in [0.29, 0.717) is 30.3 Å². The van der Waals surface area contributed by atoms with Crippen LogP contribution in [-0.2, 0) is 15.9 Å². The predicted octanol–water partition coefficient (Wildman–Crippen LogP) is 9.19. The molecule has 0 fully saturated rings. The zero-order valence-corrected chi connectivity index (χ0v) is 24.2. The highest BCUT2D eigenvalue weighted by Gasteiger charge is 2.20. The van der Waals surface area contributed by atoms with E-state index in [4.69, 9.17) is 9.47 Å². The summed E-state index contributed by atoms with van der Waals surface area (Å²) < 4.78 is 11.1. The van der Waals surface area contributed by atoms with Crippen molar-refractivity contribution in [3.63, 3.8) is 0 Å². The van der Waals surface area contributed by atoms with Gasteiger partial charge in [-0.15, -0.1) is 0 Å². The van der Waals surface area contributed by atoms with Crippen molar-refractivity contribution in [3.05, 3.63) is 34.9 Å². The van der Waals surface area contributed by atoms with Crippen LogP contribution in [-0.4, -0.2) is 25.2 Å². The number of rotatable bonds is 20. The summed E-state index contributed by atoms with van der Waals surface area (Å²) in [5.41, 5.74) is 1.70. The Hall–Kier alpha value is -1.84. The molecule has 0 saturated heterocycles. The lowest BCUT2D eigenvalue weighted by atomic mass is 9.98. The molecule has 0 atom stereocenters. The first kappa shape index (κ1) is 32.2. The van der Waals surface area contributed by atoms with Gasteiger partial charge in [0.15, 0.2) is 0 Å². The second-order valence-electron chi connectivity index (χ2n) is 11.7. The Morgan fingerprint density at radius 1 is 0.583 bits per heavy atom. The Bertz CT molecular complexity index is 736. The Morgan fingerprint density at radius 3 is 1.50 bits per heavy atom. The normalized spacial score (nSPS) is 11.5. The molecule has 4 heteroatoms. The van der Waals surface area contributed by atoms with E-state index in [1.807, 2.05) is 12.1 Å². The van der Waals surface area contributed by atoms with E-state index in [2.05, 4.69) is 41.5 Å². The van der Waals surface area contributed by atoms with E-state index >= 15 is 0 Å². The molecule has 1 aromatic carbocycles. The van der Waals surface area contributed by atoms with Gasteiger partial charge in [-0.05, 0) is 54.7 Å². The third-order valence-corrected chi connectivity index (χ3v) is 6.49. The first-order valence-electron chi connectivity index (χ1n) is 14.7. The van der Waals surface area contributed by atoms with Crippen molar-refractivity contribution < 1.29 is 19.1 Å². The second-order valence-corrected chi connectivity index (χ2v) is 11.7. The number of esters is 2. The molecule has 36 heavy (non-hydrogen) atoms. The van der Waals surface area contributed by atoms with Crippen molar-refractivity contribution in [1.29, 1.82) is 0 Å². The summed E-state index contributed by atoms with van der Waals surface area (Å²) in [5.74, 6) is 1.14. The number of hydrogen-bond donors (Lipinski definition) is 0. The fourth-order valence-electron chi connectivity index (χ4n) is 4.39. The molecule has 0 N–H and O–H groups in total. The summed E-state index contributed by atoms with van der Waals surface area (Å²) >= 11 is 0. The Kier molecular flexibility index (Phi) is 17.3. The van der Waals surface area contributed by atoms with E-state index in [0.717, 1.165) is 49.5 Å². The fraction of sp³-hybridized carbons (Fsp3) is 0.750. The van der Waals surface area contributed by atoms with Gasteiger partial charge < -0.3 is 9.47 Å². The summed E-state index contributed by atoms with van der Waals surface area (Å²) in [5, 5.41) is 0. The summed E-state index contributed by atoms with van der Waals surface area (Å²) in [6.45, 7) is 14.1. The first-order chi connectivity index (χ1) is 17.2. The molecule has 1 rings (SSSR count). The molecule has 0 spiro atoms. The molecule has 0 aromatic heterocycles. The summed E-state index contributed by atoms with van der Waals surface area (Å²) in [6, 6.07) is 5.48. The van der Waals surface area contributed by atoms with Gasteiger partial charge in [0.2, 0.25) is 0 Å². The topological polar surface area (TPSA) is 52.6 Å². The Labute approximate surface area is 221 Å². The maximum Gasteiger partial charge on any atom is 0.339 e. The maximum atomic E-state index is 12.9. The smallest absolute Gasteiger partial charge is 0.339 e. The van der Waals surface area contributed by atoms with Crippen LogP contribution in [0.4, 0.5) is 0 Å². The van der Waals surface area contributed by atoms with Gasteiger partial charge in [0.25, 0.3) is 0 Å². The molecule has 0 unspecified atom stereocenters. The molecule has 0 bridgehead atoms. The number of hydrogen-bond acceptors (Lipinski definition) is 4. The third kappa shape index (κ3) is 15.3. The van der Waals surface area contributed by atoms with Crippen LogP contribution in [0.5, 0.6) is 0 Å². The van der Waals surface area contributed by atoms with Crippen LogP contribution in [0.2, 0.25) is 0 Å². The van der Waals surface area contributed by atoms with Crippen molar-refractivity contribution in [2.75, 3.05) is 13.2 Å². The lowest BCUT2D eigenvalue weighted by molar-refractivity contribution is 0.0450. The monoisotopic (exact) mass is 502 g/mol. The fourth-order valence-corrected chi connectivity index (χ4v) is 4.39. The zero-order chi connectivity index (χ0) is 26.8. The van der Waals surface area contributed by atoms with Crippen LogP contribution in [0.25, 0.3) is 0 Å². The highest BCUT2D eigenvalue weighted by molar-refractivity contribution is 6.03. The van der Waals surface area contributed by atoms with E-state index in [9.17, 15) is 9.59 Å². The van der Waals surface area contributed by atoms with Gasteiger partial charge in [-0.1, -0.05) is 112 Å². The molecule has 0 heterocycles. The van der Waals surface area contributed by atoms with E-state index in [-0.39, 0.29) is 0 Å². The van der Waals surface area contributed by atoms with Gasteiger partial charge in [0.1, 0.15) is 0 Å². The minimum Gasteiger partial charge on any atom is -0.462 e. The zero-order valence-electron chi connectivity index (χ0n) is 24.2. The number of carbonyl (C=O) groups excluding carboxylic acids is 2. The first-order valence-corrected chi connectivity index (χ1v) is 14.7. The molecular weight excluding hydrogens is 448 g/mol. The summed E-state index contributed by atoms with van der Waals surface area (Å²) in [6.07, 6.45) is 14.6. The van der Waals surface area contributed by atoms with Crippen LogP contribution in [0.3, 0.4) is 0 Å². The number of carbonyl (C=O) groups is 2. The molecule has 0 aliphatic rings. The molecule has 0 amide bonds. The molecule has 0 aliphatic carbocycles. The lowest BCUT2D eigenvalue weighted by Gasteiger charge is -2.13. The Morgan fingerprint density at radius 2 is 1.03 bits per heavy atom. The average Bonchev–Trinajstić information content (AvgIpc) is 2.81. The predicted molar refractivity (Wildman–Crippen MR) is 151 cm³/mol. The van der Waals surface area contributed by atoms with Gasteiger partial charge in [0.05, 0.1) is 24.3 Å². The van der Waals surface area contributed by atoms with Crippen LogP contribution in [0, 0.1) is 17.8 Å². The van der Waals surface area contributed by atoms with Crippen LogP contribution < -0.4 is 0 Å². The minimum atomic E-state index is -0.428. The lowest BCUT2D eigenvalue weighted by Crippen LogP contribution is -2.16. The van der Waals surface area contributed by atoms with Crippen LogP contribution in [0.15, 0.2) is 18.2 Å². The number of unbranched alkanes of at least 4 members (excludes halogenated alkanes) is 8. The van der Waals surface area contributed by atoms with Gasteiger partial charge in [-0.2, -0.15) is 0 Å². The van der Waals surface area contributed by atoms with Crippen molar-refractivity contribution in [2.45, 2.75) is 125 Å². The van der Waals surface area contributed by atoms with Gasteiger partial charge in [-0.25, -0.2) is 9.59 Å². The maximum absolute atomic E-state index is 12.9. The third-order valence-electron chi connectivity index (χ3n) is 6.49. The highest BCUT2D eigenvalue weighted by atomic mass is 16.5. The van der Waals surface area contributed by atoms with Crippen molar-refractivity contribution >= 4 is 11.9 Å². The van der Waals surface area contributed by atoms with E-state index < -0.39 is 11.9 Å². The van der Waals surface area contributed by atoms with Gasteiger partial charge in [-0.3, -0.25) is 0 Å². The molecule has 0 aliphatic heterocycles. The van der Waals surface area contributed by atoms with E-state index in [1.54, 1.807) is 6.07 Å². The summed E-state index contributed by atoms with van der Waals surface area (Å²) in [7, 11) is 0. The standard InChI is InChI=1S/C32H54O4/c1-25(2)17-13-9-7-11-15-21-35-31(33)29-20-19-28(23-27(5)6)24-30(29)32(34)36-22-16-12-8-10-14-18-26(3)4/h19-20,24-27H,7-18,21-23H2,1-6H3. The van der Waals surface area contributed by atoms with Crippen molar-refractivity contribution in [3.8, 4) is 0 Å². The molecule has 0 saturated carbocycles. The van der Waals surface area contributed by atoms with Crippen LogP contribution >= 0.6 is 0 Å². The second kappa shape index (κ2) is 19.3. The highest BCUT2D eigenvalue weighted by Crippen LogP contribution is 2.19.